The van der Waals surface area contributed by atoms with Crippen LogP contribution in [-0.4, -0.2) is 37.9 Å². The van der Waals surface area contributed by atoms with Gasteiger partial charge in [0.25, 0.3) is 0 Å². The molecule has 7 nitrogen and oxygen atoms in total. The Morgan fingerprint density at radius 2 is 2.00 bits per heavy atom. The van der Waals surface area contributed by atoms with Gasteiger partial charge in [-0.25, -0.2) is 13.1 Å². The Morgan fingerprint density at radius 1 is 1.36 bits per heavy atom. The van der Waals surface area contributed by atoms with Crippen molar-refractivity contribution in [2.75, 3.05) is 13.1 Å². The minimum Gasteiger partial charge on any atom is -0.354 e. The van der Waals surface area contributed by atoms with E-state index in [1.807, 2.05) is 0 Å². The summed E-state index contributed by atoms with van der Waals surface area (Å²) in [6, 6.07) is 2.97. The van der Waals surface area contributed by atoms with Crippen molar-refractivity contribution in [2.45, 2.75) is 30.7 Å². The third-order valence-corrected chi connectivity index (χ3v) is 3.78. The van der Waals surface area contributed by atoms with E-state index in [-0.39, 0.29) is 48.6 Å². The van der Waals surface area contributed by atoms with Crippen molar-refractivity contribution >= 4 is 40.7 Å². The molecule has 0 saturated carbocycles. The number of nitrogens with zero attached hydrogens (tertiary/aromatic N) is 1. The van der Waals surface area contributed by atoms with Crippen LogP contribution in [0.1, 0.15) is 20.3 Å². The monoisotopic (exact) mass is 372 g/mol. The molecule has 1 heterocycles. The summed E-state index contributed by atoms with van der Waals surface area (Å²) in [7, 11) is -3.62. The Labute approximate surface area is 143 Å². The van der Waals surface area contributed by atoms with Gasteiger partial charge in [-0.3, -0.25) is 9.78 Å². The predicted molar refractivity (Wildman–Crippen MR) is 89.8 cm³/mol. The lowest BCUT2D eigenvalue weighted by Gasteiger charge is -2.18. The van der Waals surface area contributed by atoms with Crippen LogP contribution < -0.4 is 15.8 Å². The highest BCUT2D eigenvalue weighted by Crippen LogP contribution is 2.04. The molecule has 0 atom stereocenters. The number of halogens is 2. The number of nitrogens with two attached hydrogens (primary N) is 1. The molecule has 0 aliphatic rings. The first-order valence-corrected chi connectivity index (χ1v) is 7.64. The highest BCUT2D eigenvalue weighted by molar-refractivity contribution is 7.89. The SMILES string of the molecule is CC(C)(N)CNC(=O)CCNS(=O)(=O)c1cccnc1.Cl.Cl. The zero-order valence-corrected chi connectivity index (χ0v) is 14.9. The molecule has 0 radical (unpaired) electrons. The third-order valence-electron chi connectivity index (χ3n) is 2.33. The van der Waals surface area contributed by atoms with Crippen molar-refractivity contribution in [2.24, 2.45) is 5.73 Å². The summed E-state index contributed by atoms with van der Waals surface area (Å²) in [6.45, 7) is 3.94. The van der Waals surface area contributed by atoms with Crippen LogP contribution >= 0.6 is 24.8 Å². The highest BCUT2D eigenvalue weighted by Gasteiger charge is 2.15. The zero-order valence-electron chi connectivity index (χ0n) is 12.4. The van der Waals surface area contributed by atoms with E-state index in [1.165, 1.54) is 24.5 Å². The number of sulfonamides is 1. The van der Waals surface area contributed by atoms with Crippen molar-refractivity contribution in [3.8, 4) is 0 Å². The lowest BCUT2D eigenvalue weighted by Crippen LogP contribution is -2.45. The summed E-state index contributed by atoms with van der Waals surface area (Å²) in [4.78, 5) is 15.3. The second-order valence-electron chi connectivity index (χ2n) is 5.10. The van der Waals surface area contributed by atoms with Gasteiger partial charge in [-0.2, -0.15) is 0 Å². The molecule has 10 heteroatoms. The van der Waals surface area contributed by atoms with Crippen LogP contribution in [0.3, 0.4) is 0 Å². The van der Waals surface area contributed by atoms with E-state index < -0.39 is 15.6 Å². The largest absolute Gasteiger partial charge is 0.354 e. The Bertz CT molecular complexity index is 547. The van der Waals surface area contributed by atoms with Gasteiger partial charge in [-0.15, -0.1) is 24.8 Å². The maximum absolute atomic E-state index is 11.8. The lowest BCUT2D eigenvalue weighted by molar-refractivity contribution is -0.121. The number of hydrogen-bond acceptors (Lipinski definition) is 5. The highest BCUT2D eigenvalue weighted by atomic mass is 35.5. The summed E-state index contributed by atoms with van der Waals surface area (Å²) in [5.74, 6) is -0.252. The minimum atomic E-state index is -3.62. The maximum atomic E-state index is 11.8. The molecule has 0 spiro atoms. The first-order valence-electron chi connectivity index (χ1n) is 6.16. The first-order chi connectivity index (χ1) is 9.21. The molecule has 0 saturated heterocycles. The maximum Gasteiger partial charge on any atom is 0.242 e. The molecular weight excluding hydrogens is 351 g/mol. The average Bonchev–Trinajstić information content (AvgIpc) is 2.36. The second-order valence-corrected chi connectivity index (χ2v) is 6.87. The van der Waals surface area contributed by atoms with Gasteiger partial charge in [0.15, 0.2) is 0 Å². The van der Waals surface area contributed by atoms with Gasteiger partial charge in [0, 0.05) is 37.4 Å². The number of hydrogen-bond donors (Lipinski definition) is 3. The number of rotatable bonds is 7. The fourth-order valence-corrected chi connectivity index (χ4v) is 2.30. The van der Waals surface area contributed by atoms with Crippen molar-refractivity contribution in [3.05, 3.63) is 24.5 Å². The van der Waals surface area contributed by atoms with E-state index >= 15 is 0 Å². The van der Waals surface area contributed by atoms with Gasteiger partial charge in [-0.05, 0) is 26.0 Å². The van der Waals surface area contributed by atoms with E-state index in [2.05, 4.69) is 15.0 Å². The Morgan fingerprint density at radius 3 is 2.50 bits per heavy atom. The summed E-state index contributed by atoms with van der Waals surface area (Å²) >= 11 is 0. The molecule has 128 valence electrons. The fourth-order valence-electron chi connectivity index (χ4n) is 1.30. The Balaban J connectivity index is 0. The van der Waals surface area contributed by atoms with Crippen LogP contribution in [0.4, 0.5) is 0 Å². The first kappa shape index (κ1) is 23.3. The van der Waals surface area contributed by atoms with Crippen LogP contribution in [-0.2, 0) is 14.8 Å². The van der Waals surface area contributed by atoms with Crippen molar-refractivity contribution < 1.29 is 13.2 Å². The summed E-state index contributed by atoms with van der Waals surface area (Å²) in [6.07, 6.45) is 2.79. The van der Waals surface area contributed by atoms with Gasteiger partial charge in [0.05, 0.1) is 0 Å². The number of pyridine rings is 1. The lowest BCUT2D eigenvalue weighted by atomic mass is 10.1. The molecule has 0 aliphatic carbocycles. The second kappa shape index (κ2) is 9.96. The van der Waals surface area contributed by atoms with Gasteiger partial charge >= 0.3 is 0 Å². The van der Waals surface area contributed by atoms with Gasteiger partial charge in [-0.1, -0.05) is 0 Å². The molecule has 1 aromatic rings. The molecule has 1 aromatic heterocycles. The van der Waals surface area contributed by atoms with Crippen LogP contribution in [0, 0.1) is 0 Å². The van der Waals surface area contributed by atoms with Crippen molar-refractivity contribution in [1.29, 1.82) is 0 Å². The molecular formula is C12H22Cl2N4O3S. The number of nitrogens with one attached hydrogen (secondary N) is 2. The van der Waals surface area contributed by atoms with Crippen LogP contribution in [0.15, 0.2) is 29.4 Å². The minimum absolute atomic E-state index is 0. The topological polar surface area (TPSA) is 114 Å². The smallest absolute Gasteiger partial charge is 0.242 e. The molecule has 0 unspecified atom stereocenters. The zero-order chi connectivity index (χ0) is 15.2. The summed E-state index contributed by atoms with van der Waals surface area (Å²) in [5.41, 5.74) is 5.23. The van der Waals surface area contributed by atoms with Crippen LogP contribution in [0.5, 0.6) is 0 Å². The molecule has 0 fully saturated rings. The Kier molecular flexibility index (Phi) is 10.6. The summed E-state index contributed by atoms with van der Waals surface area (Å²) in [5, 5.41) is 2.64. The van der Waals surface area contributed by atoms with Gasteiger partial charge in [0.1, 0.15) is 4.90 Å². The summed E-state index contributed by atoms with van der Waals surface area (Å²) < 4.78 is 26.0. The quantitative estimate of drug-likeness (QED) is 0.642. The normalized spacial score (nSPS) is 11.0. The fraction of sp³-hybridized carbons (Fsp3) is 0.500. The number of carbonyl (C=O) groups is 1. The van der Waals surface area contributed by atoms with E-state index in [4.69, 9.17) is 5.73 Å². The van der Waals surface area contributed by atoms with E-state index in [0.29, 0.717) is 6.54 Å². The predicted octanol–water partition coefficient (Wildman–Crippen LogP) is 0.447. The molecule has 4 N–H and O–H groups in total. The Hall–Kier alpha value is -0.930. The molecule has 0 aliphatic heterocycles. The van der Waals surface area contributed by atoms with Crippen molar-refractivity contribution in [1.82, 2.24) is 15.0 Å². The molecule has 0 aromatic carbocycles. The molecule has 1 amide bonds. The number of amides is 1. The molecule has 22 heavy (non-hydrogen) atoms. The number of aromatic nitrogens is 1. The van der Waals surface area contributed by atoms with E-state index in [9.17, 15) is 13.2 Å². The van der Waals surface area contributed by atoms with Crippen LogP contribution in [0.2, 0.25) is 0 Å². The standard InChI is InChI=1S/C12H20N4O3S.2ClH/c1-12(2,13)9-15-11(17)5-7-16-20(18,19)10-4-3-6-14-8-10;;/h3-4,6,8,16H,5,7,9,13H2,1-2H3,(H,15,17);2*1H. The molecule has 1 rings (SSSR count). The van der Waals surface area contributed by atoms with Crippen LogP contribution in [0.25, 0.3) is 0 Å². The van der Waals surface area contributed by atoms with Gasteiger partial charge in [0.2, 0.25) is 15.9 Å². The molecule has 0 bridgehead atoms. The van der Waals surface area contributed by atoms with Crippen molar-refractivity contribution in [3.63, 3.8) is 0 Å². The van der Waals surface area contributed by atoms with Gasteiger partial charge < -0.3 is 11.1 Å². The average molecular weight is 373 g/mol. The van der Waals surface area contributed by atoms with E-state index in [1.54, 1.807) is 13.8 Å². The third kappa shape index (κ3) is 9.16. The van der Waals surface area contributed by atoms with E-state index in [0.717, 1.165) is 0 Å². The number of carbonyl (C=O) groups excluding carboxylic acids is 1.